The molecule has 0 unspecified atom stereocenters. The molecule has 1 aromatic carbocycles. The molecule has 0 radical (unpaired) electrons. The third kappa shape index (κ3) is 2.99. The SMILES string of the molecule is Cc1ccc(C)c(Nc2nncc(NC3CC3)n2)c1. The molecule has 0 saturated heterocycles. The van der Waals surface area contributed by atoms with Crippen LogP contribution in [0.1, 0.15) is 24.0 Å². The Hall–Kier alpha value is -2.17. The Morgan fingerprint density at radius 1 is 1.21 bits per heavy atom. The van der Waals surface area contributed by atoms with E-state index in [2.05, 4.69) is 57.9 Å². The van der Waals surface area contributed by atoms with Crippen LogP contribution in [0.4, 0.5) is 17.5 Å². The van der Waals surface area contributed by atoms with E-state index in [0.717, 1.165) is 17.1 Å². The maximum atomic E-state index is 4.42. The van der Waals surface area contributed by atoms with Crippen molar-refractivity contribution in [1.29, 1.82) is 0 Å². The van der Waals surface area contributed by atoms with Crippen molar-refractivity contribution in [2.75, 3.05) is 10.6 Å². The zero-order valence-electron chi connectivity index (χ0n) is 11.1. The summed E-state index contributed by atoms with van der Waals surface area (Å²) in [7, 11) is 0. The second-order valence-electron chi connectivity index (χ2n) is 5.03. The average molecular weight is 255 g/mol. The molecule has 0 atom stereocenters. The zero-order chi connectivity index (χ0) is 13.2. The van der Waals surface area contributed by atoms with E-state index in [1.807, 2.05) is 0 Å². The predicted molar refractivity (Wildman–Crippen MR) is 75.7 cm³/mol. The molecule has 1 aromatic heterocycles. The number of aryl methyl sites for hydroxylation is 2. The van der Waals surface area contributed by atoms with Crippen molar-refractivity contribution in [3.05, 3.63) is 35.5 Å². The molecule has 1 heterocycles. The van der Waals surface area contributed by atoms with Gasteiger partial charge in [-0.25, -0.2) is 0 Å². The summed E-state index contributed by atoms with van der Waals surface area (Å²) in [6.07, 6.45) is 4.08. The number of aromatic nitrogens is 3. The number of nitrogens with one attached hydrogen (secondary N) is 2. The fourth-order valence-corrected chi connectivity index (χ4v) is 1.85. The van der Waals surface area contributed by atoms with Gasteiger partial charge in [0.2, 0.25) is 5.95 Å². The molecule has 0 amide bonds. The van der Waals surface area contributed by atoms with Gasteiger partial charge in [-0.15, -0.1) is 5.10 Å². The number of rotatable bonds is 4. The Kier molecular flexibility index (Phi) is 3.03. The molecular weight excluding hydrogens is 238 g/mol. The third-order valence-corrected chi connectivity index (χ3v) is 3.13. The van der Waals surface area contributed by atoms with Crippen LogP contribution in [0.3, 0.4) is 0 Å². The van der Waals surface area contributed by atoms with Crippen molar-refractivity contribution < 1.29 is 0 Å². The van der Waals surface area contributed by atoms with Crippen LogP contribution in [0.15, 0.2) is 24.4 Å². The molecule has 0 bridgehead atoms. The van der Waals surface area contributed by atoms with Crippen LogP contribution in [-0.2, 0) is 0 Å². The van der Waals surface area contributed by atoms with Gasteiger partial charge in [0.25, 0.3) is 0 Å². The van der Waals surface area contributed by atoms with Crippen LogP contribution in [0.25, 0.3) is 0 Å². The van der Waals surface area contributed by atoms with E-state index in [1.54, 1.807) is 6.20 Å². The Balaban J connectivity index is 1.79. The summed E-state index contributed by atoms with van der Waals surface area (Å²) < 4.78 is 0. The average Bonchev–Trinajstić information content (AvgIpc) is 3.18. The van der Waals surface area contributed by atoms with Crippen LogP contribution in [-0.4, -0.2) is 21.2 Å². The van der Waals surface area contributed by atoms with Crippen LogP contribution in [0.5, 0.6) is 0 Å². The number of nitrogens with zero attached hydrogens (tertiary/aromatic N) is 3. The van der Waals surface area contributed by atoms with Crippen molar-refractivity contribution in [3.63, 3.8) is 0 Å². The minimum absolute atomic E-state index is 0.527. The smallest absolute Gasteiger partial charge is 0.249 e. The second-order valence-corrected chi connectivity index (χ2v) is 5.03. The van der Waals surface area contributed by atoms with Gasteiger partial charge in [0.15, 0.2) is 5.82 Å². The Labute approximate surface area is 112 Å². The van der Waals surface area contributed by atoms with Crippen molar-refractivity contribution >= 4 is 17.5 Å². The molecule has 1 aliphatic carbocycles. The standard InChI is InChI=1S/C14H17N5/c1-9-3-4-10(2)12(7-9)17-14-18-13(8-15-19-14)16-11-5-6-11/h3-4,7-8,11H,5-6H2,1-2H3,(H2,16,17,18,19). The highest BCUT2D eigenvalue weighted by molar-refractivity contribution is 5.59. The normalized spacial score (nSPS) is 14.2. The minimum Gasteiger partial charge on any atom is -0.366 e. The summed E-state index contributed by atoms with van der Waals surface area (Å²) >= 11 is 0. The highest BCUT2D eigenvalue weighted by Crippen LogP contribution is 2.24. The lowest BCUT2D eigenvalue weighted by Crippen LogP contribution is -2.07. The summed E-state index contributed by atoms with van der Waals surface area (Å²) in [5.41, 5.74) is 3.38. The number of anilines is 3. The molecule has 5 nitrogen and oxygen atoms in total. The van der Waals surface area contributed by atoms with Crippen LogP contribution in [0.2, 0.25) is 0 Å². The first-order chi connectivity index (χ1) is 9.20. The van der Waals surface area contributed by atoms with Crippen LogP contribution in [0, 0.1) is 13.8 Å². The van der Waals surface area contributed by atoms with Crippen LogP contribution >= 0.6 is 0 Å². The third-order valence-electron chi connectivity index (χ3n) is 3.13. The van der Waals surface area contributed by atoms with Gasteiger partial charge >= 0.3 is 0 Å². The molecule has 1 aliphatic rings. The fourth-order valence-electron chi connectivity index (χ4n) is 1.85. The van der Waals surface area contributed by atoms with Crippen molar-refractivity contribution in [2.45, 2.75) is 32.7 Å². The summed E-state index contributed by atoms with van der Waals surface area (Å²) in [6.45, 7) is 4.12. The van der Waals surface area contributed by atoms with E-state index in [0.29, 0.717) is 12.0 Å². The van der Waals surface area contributed by atoms with E-state index in [4.69, 9.17) is 0 Å². The first-order valence-corrected chi connectivity index (χ1v) is 6.51. The lowest BCUT2D eigenvalue weighted by molar-refractivity contribution is 0.964. The molecule has 0 spiro atoms. The molecule has 3 rings (SSSR count). The number of benzene rings is 1. The van der Waals surface area contributed by atoms with Gasteiger partial charge in [-0.05, 0) is 43.9 Å². The molecule has 1 saturated carbocycles. The second kappa shape index (κ2) is 4.84. The first-order valence-electron chi connectivity index (χ1n) is 6.51. The number of hydrogen-bond acceptors (Lipinski definition) is 5. The minimum atomic E-state index is 0.527. The first kappa shape index (κ1) is 11.9. The van der Waals surface area contributed by atoms with Gasteiger partial charge < -0.3 is 10.6 Å². The predicted octanol–water partition coefficient (Wildman–Crippen LogP) is 2.81. The lowest BCUT2D eigenvalue weighted by atomic mass is 10.1. The van der Waals surface area contributed by atoms with E-state index in [-0.39, 0.29) is 0 Å². The highest BCUT2D eigenvalue weighted by atomic mass is 15.3. The van der Waals surface area contributed by atoms with Gasteiger partial charge in [-0.1, -0.05) is 12.1 Å². The Bertz CT molecular complexity index is 592. The topological polar surface area (TPSA) is 62.7 Å². The highest BCUT2D eigenvalue weighted by Gasteiger charge is 2.21. The Morgan fingerprint density at radius 2 is 2.05 bits per heavy atom. The van der Waals surface area contributed by atoms with E-state index >= 15 is 0 Å². The van der Waals surface area contributed by atoms with Gasteiger partial charge in [-0.3, -0.25) is 0 Å². The van der Waals surface area contributed by atoms with E-state index in [9.17, 15) is 0 Å². The van der Waals surface area contributed by atoms with E-state index < -0.39 is 0 Å². The van der Waals surface area contributed by atoms with Gasteiger partial charge in [0.1, 0.15) is 0 Å². The van der Waals surface area contributed by atoms with E-state index in [1.165, 1.54) is 18.4 Å². The molecular formula is C14H17N5. The maximum absolute atomic E-state index is 4.42. The molecule has 2 aromatic rings. The van der Waals surface area contributed by atoms with Gasteiger partial charge in [0, 0.05) is 11.7 Å². The molecule has 98 valence electrons. The quantitative estimate of drug-likeness (QED) is 0.879. The monoisotopic (exact) mass is 255 g/mol. The molecule has 2 N–H and O–H groups in total. The summed E-state index contributed by atoms with van der Waals surface area (Å²) in [5.74, 6) is 1.31. The maximum Gasteiger partial charge on any atom is 0.249 e. The largest absolute Gasteiger partial charge is 0.366 e. The van der Waals surface area contributed by atoms with Crippen molar-refractivity contribution in [1.82, 2.24) is 15.2 Å². The zero-order valence-corrected chi connectivity index (χ0v) is 11.1. The molecule has 5 heteroatoms. The van der Waals surface area contributed by atoms with Crippen molar-refractivity contribution in [3.8, 4) is 0 Å². The molecule has 19 heavy (non-hydrogen) atoms. The summed E-state index contributed by atoms with van der Waals surface area (Å²) in [5, 5.41) is 14.5. The summed E-state index contributed by atoms with van der Waals surface area (Å²) in [4.78, 5) is 4.42. The van der Waals surface area contributed by atoms with Crippen molar-refractivity contribution in [2.24, 2.45) is 0 Å². The number of hydrogen-bond donors (Lipinski definition) is 2. The fraction of sp³-hybridized carbons (Fsp3) is 0.357. The van der Waals surface area contributed by atoms with Gasteiger partial charge in [0.05, 0.1) is 6.20 Å². The molecule has 1 fully saturated rings. The van der Waals surface area contributed by atoms with Gasteiger partial charge in [-0.2, -0.15) is 10.1 Å². The molecule has 0 aliphatic heterocycles. The summed E-state index contributed by atoms with van der Waals surface area (Å²) in [6, 6.07) is 6.81. The van der Waals surface area contributed by atoms with Crippen LogP contribution < -0.4 is 10.6 Å². The lowest BCUT2D eigenvalue weighted by Gasteiger charge is -2.09. The Morgan fingerprint density at radius 3 is 2.84 bits per heavy atom.